The molecule has 1 aromatic rings. The van der Waals surface area contributed by atoms with Crippen molar-refractivity contribution in [1.29, 1.82) is 0 Å². The zero-order chi connectivity index (χ0) is 13.4. The zero-order valence-corrected chi connectivity index (χ0v) is 10.9. The van der Waals surface area contributed by atoms with Gasteiger partial charge in [0.25, 0.3) is 0 Å². The van der Waals surface area contributed by atoms with Crippen molar-refractivity contribution < 1.29 is 9.53 Å². The lowest BCUT2D eigenvalue weighted by molar-refractivity contribution is 0.248. The molecule has 1 rings (SSSR count). The van der Waals surface area contributed by atoms with E-state index in [9.17, 15) is 4.79 Å². The van der Waals surface area contributed by atoms with Gasteiger partial charge in [-0.2, -0.15) is 0 Å². The Kier molecular flexibility index (Phi) is 6.00. The molecule has 2 amide bonds. The van der Waals surface area contributed by atoms with Gasteiger partial charge in [0.15, 0.2) is 0 Å². The van der Waals surface area contributed by atoms with E-state index in [1.54, 1.807) is 19.2 Å². The summed E-state index contributed by atoms with van der Waals surface area (Å²) in [5, 5.41) is 5.59. The summed E-state index contributed by atoms with van der Waals surface area (Å²) in [6.45, 7) is 2.50. The summed E-state index contributed by atoms with van der Waals surface area (Å²) in [6.07, 6.45) is 1.85. The van der Waals surface area contributed by atoms with Gasteiger partial charge in [0.1, 0.15) is 5.75 Å². The van der Waals surface area contributed by atoms with Crippen LogP contribution in [0.2, 0.25) is 0 Å². The fourth-order valence-corrected chi connectivity index (χ4v) is 1.69. The highest BCUT2D eigenvalue weighted by Crippen LogP contribution is 2.22. The number of nitrogens with two attached hydrogens (primary N) is 1. The van der Waals surface area contributed by atoms with E-state index >= 15 is 0 Å². The van der Waals surface area contributed by atoms with Gasteiger partial charge in [-0.25, -0.2) is 4.79 Å². The molecule has 1 atom stereocenters. The number of hydrogen-bond donors (Lipinski definition) is 3. The topological polar surface area (TPSA) is 76.4 Å². The molecule has 0 aliphatic rings. The van der Waals surface area contributed by atoms with Crippen molar-refractivity contribution in [2.75, 3.05) is 19.0 Å². The fourth-order valence-electron chi connectivity index (χ4n) is 1.69. The van der Waals surface area contributed by atoms with Crippen LogP contribution >= 0.6 is 0 Å². The second-order valence-electron chi connectivity index (χ2n) is 4.02. The number of anilines is 1. The minimum Gasteiger partial charge on any atom is -0.495 e. The Labute approximate surface area is 108 Å². The maximum absolute atomic E-state index is 11.8. The van der Waals surface area contributed by atoms with Crippen LogP contribution in [0.25, 0.3) is 0 Å². The van der Waals surface area contributed by atoms with E-state index in [1.807, 2.05) is 12.1 Å². The Balaban J connectivity index is 2.58. The Morgan fingerprint density at radius 1 is 1.44 bits per heavy atom. The summed E-state index contributed by atoms with van der Waals surface area (Å²) < 4.78 is 5.16. The predicted octanol–water partition coefficient (Wildman–Crippen LogP) is 1.94. The van der Waals surface area contributed by atoms with Crippen molar-refractivity contribution in [2.24, 2.45) is 5.73 Å². The number of carbonyl (C=O) groups is 1. The molecule has 0 saturated heterocycles. The van der Waals surface area contributed by atoms with Crippen molar-refractivity contribution >= 4 is 11.7 Å². The zero-order valence-electron chi connectivity index (χ0n) is 10.9. The maximum Gasteiger partial charge on any atom is 0.319 e. The first kappa shape index (κ1) is 14.3. The molecule has 1 aromatic carbocycles. The largest absolute Gasteiger partial charge is 0.495 e. The molecule has 5 heteroatoms. The Hall–Kier alpha value is -1.75. The van der Waals surface area contributed by atoms with Crippen molar-refractivity contribution in [3.63, 3.8) is 0 Å². The molecule has 18 heavy (non-hydrogen) atoms. The van der Waals surface area contributed by atoms with Crippen molar-refractivity contribution in [1.82, 2.24) is 5.32 Å². The van der Waals surface area contributed by atoms with E-state index in [4.69, 9.17) is 10.5 Å². The van der Waals surface area contributed by atoms with Crippen LogP contribution < -0.4 is 21.1 Å². The van der Waals surface area contributed by atoms with Crippen molar-refractivity contribution in [3.8, 4) is 5.75 Å². The number of rotatable bonds is 6. The van der Waals surface area contributed by atoms with Gasteiger partial charge in [-0.3, -0.25) is 0 Å². The van der Waals surface area contributed by atoms with Gasteiger partial charge >= 0.3 is 6.03 Å². The van der Waals surface area contributed by atoms with E-state index in [2.05, 4.69) is 17.6 Å². The number of ether oxygens (including phenoxy) is 1. The molecule has 0 aliphatic heterocycles. The number of amides is 2. The molecule has 5 nitrogen and oxygen atoms in total. The normalized spacial score (nSPS) is 11.7. The summed E-state index contributed by atoms with van der Waals surface area (Å²) in [4.78, 5) is 11.8. The number of carbonyl (C=O) groups excluding carboxylic acids is 1. The quantitative estimate of drug-likeness (QED) is 0.723. The molecular weight excluding hydrogens is 230 g/mol. The van der Waals surface area contributed by atoms with Gasteiger partial charge in [-0.15, -0.1) is 0 Å². The molecule has 100 valence electrons. The van der Waals surface area contributed by atoms with Crippen LogP contribution in [0, 0.1) is 0 Å². The molecule has 0 aliphatic carbocycles. The number of benzene rings is 1. The van der Waals surface area contributed by atoms with Gasteiger partial charge in [0, 0.05) is 12.6 Å². The van der Waals surface area contributed by atoms with Crippen LogP contribution in [0.15, 0.2) is 24.3 Å². The van der Waals surface area contributed by atoms with Crippen molar-refractivity contribution in [2.45, 2.75) is 25.8 Å². The van der Waals surface area contributed by atoms with Crippen LogP contribution in [0.1, 0.15) is 19.8 Å². The van der Waals surface area contributed by atoms with E-state index in [0.717, 1.165) is 12.8 Å². The Morgan fingerprint density at radius 3 is 2.78 bits per heavy atom. The van der Waals surface area contributed by atoms with E-state index < -0.39 is 0 Å². The Bertz CT molecular complexity index is 382. The first-order valence-electron chi connectivity index (χ1n) is 6.11. The van der Waals surface area contributed by atoms with Gasteiger partial charge in [-0.1, -0.05) is 25.5 Å². The maximum atomic E-state index is 11.8. The lowest BCUT2D eigenvalue weighted by Gasteiger charge is -2.17. The molecular formula is C13H21N3O2. The number of methoxy groups -OCH3 is 1. The summed E-state index contributed by atoms with van der Waals surface area (Å²) in [5.74, 6) is 0.632. The van der Waals surface area contributed by atoms with Gasteiger partial charge < -0.3 is 21.1 Å². The highest BCUT2D eigenvalue weighted by Gasteiger charge is 2.11. The Morgan fingerprint density at radius 2 is 2.17 bits per heavy atom. The smallest absolute Gasteiger partial charge is 0.319 e. The van der Waals surface area contributed by atoms with Gasteiger partial charge in [-0.05, 0) is 18.6 Å². The van der Waals surface area contributed by atoms with Crippen molar-refractivity contribution in [3.05, 3.63) is 24.3 Å². The monoisotopic (exact) mass is 251 g/mol. The molecule has 0 spiro atoms. The van der Waals surface area contributed by atoms with E-state index in [-0.39, 0.29) is 12.1 Å². The third-order valence-electron chi connectivity index (χ3n) is 2.61. The van der Waals surface area contributed by atoms with Crippen LogP contribution in [-0.4, -0.2) is 25.7 Å². The molecule has 0 bridgehead atoms. The second kappa shape index (κ2) is 7.55. The SMILES string of the molecule is CCCC(CN)NC(=O)Nc1ccccc1OC. The van der Waals surface area contributed by atoms with Gasteiger partial charge in [0.05, 0.1) is 12.8 Å². The second-order valence-corrected chi connectivity index (χ2v) is 4.02. The number of hydrogen-bond acceptors (Lipinski definition) is 3. The molecule has 0 saturated carbocycles. The molecule has 0 heterocycles. The minimum absolute atomic E-state index is 0.00436. The standard InChI is InChI=1S/C13H21N3O2/c1-3-6-10(9-14)15-13(17)16-11-7-4-5-8-12(11)18-2/h4-5,7-8,10H,3,6,9,14H2,1-2H3,(H2,15,16,17). The first-order chi connectivity index (χ1) is 8.71. The van der Waals surface area contributed by atoms with Crippen LogP contribution in [0.5, 0.6) is 5.75 Å². The molecule has 0 aromatic heterocycles. The number of para-hydroxylation sites is 2. The highest BCUT2D eigenvalue weighted by atomic mass is 16.5. The summed E-state index contributed by atoms with van der Waals surface area (Å²) in [6, 6.07) is 7.01. The molecule has 4 N–H and O–H groups in total. The third-order valence-corrected chi connectivity index (χ3v) is 2.61. The van der Waals surface area contributed by atoms with Crippen LogP contribution in [0.4, 0.5) is 10.5 Å². The van der Waals surface area contributed by atoms with Crippen LogP contribution in [0.3, 0.4) is 0 Å². The van der Waals surface area contributed by atoms with Gasteiger partial charge in [0.2, 0.25) is 0 Å². The third kappa shape index (κ3) is 4.25. The number of nitrogens with one attached hydrogen (secondary N) is 2. The van der Waals surface area contributed by atoms with Crippen LogP contribution in [-0.2, 0) is 0 Å². The lowest BCUT2D eigenvalue weighted by Crippen LogP contribution is -2.42. The van der Waals surface area contributed by atoms with E-state index in [1.165, 1.54) is 0 Å². The average Bonchev–Trinajstić information content (AvgIpc) is 2.38. The predicted molar refractivity (Wildman–Crippen MR) is 72.9 cm³/mol. The lowest BCUT2D eigenvalue weighted by atomic mass is 10.2. The highest BCUT2D eigenvalue weighted by molar-refractivity contribution is 5.91. The average molecular weight is 251 g/mol. The summed E-state index contributed by atoms with van der Waals surface area (Å²) in [7, 11) is 1.57. The molecule has 0 radical (unpaired) electrons. The fraction of sp³-hybridized carbons (Fsp3) is 0.462. The molecule has 0 fully saturated rings. The summed E-state index contributed by atoms with van der Waals surface area (Å²) >= 11 is 0. The number of urea groups is 1. The minimum atomic E-state index is -0.261. The summed E-state index contributed by atoms with van der Waals surface area (Å²) in [5.41, 5.74) is 6.23. The first-order valence-corrected chi connectivity index (χ1v) is 6.11. The molecule has 1 unspecified atom stereocenters. The van der Waals surface area contributed by atoms with E-state index in [0.29, 0.717) is 18.0 Å².